The lowest BCUT2D eigenvalue weighted by atomic mass is 10.00. The van der Waals surface area contributed by atoms with Crippen LogP contribution in [0, 0.1) is 23.4 Å². The lowest BCUT2D eigenvalue weighted by Gasteiger charge is -2.15. The summed E-state index contributed by atoms with van der Waals surface area (Å²) in [5, 5.41) is 0. The first-order valence-corrected chi connectivity index (χ1v) is 7.22. The molecule has 2 rings (SSSR count). The monoisotopic (exact) mass is 322 g/mol. The highest BCUT2D eigenvalue weighted by Crippen LogP contribution is 2.33. The molecule has 0 aliphatic rings. The summed E-state index contributed by atoms with van der Waals surface area (Å²) in [4.78, 5) is 11.5. The number of carbonyl (C=O) groups is 1. The molecule has 0 aliphatic heterocycles. The summed E-state index contributed by atoms with van der Waals surface area (Å²) in [6.45, 7) is 5.71. The molecule has 2 aromatic carbocycles. The third-order valence-corrected chi connectivity index (χ3v) is 3.25. The Bertz CT molecular complexity index is 716. The van der Waals surface area contributed by atoms with Crippen molar-refractivity contribution in [3.8, 4) is 16.9 Å². The molecule has 0 atom stereocenters. The molecule has 0 fully saturated rings. The predicted octanol–water partition coefficient (Wildman–Crippen LogP) is 5.01. The fourth-order valence-electron chi connectivity index (χ4n) is 2.07. The summed E-state index contributed by atoms with van der Waals surface area (Å²) in [6.07, 6.45) is 0. The van der Waals surface area contributed by atoms with Gasteiger partial charge in [-0.15, -0.1) is 0 Å². The molecule has 23 heavy (non-hydrogen) atoms. The summed E-state index contributed by atoms with van der Waals surface area (Å²) >= 11 is 0. The van der Waals surface area contributed by atoms with Gasteiger partial charge in [-0.1, -0.05) is 13.8 Å². The van der Waals surface area contributed by atoms with E-state index in [4.69, 9.17) is 4.74 Å². The number of hydrogen-bond donors (Lipinski definition) is 0. The van der Waals surface area contributed by atoms with Crippen LogP contribution in [0.2, 0.25) is 0 Å². The van der Waals surface area contributed by atoms with E-state index in [2.05, 4.69) is 0 Å². The van der Waals surface area contributed by atoms with Gasteiger partial charge in [0.05, 0.1) is 6.61 Å². The number of halogens is 3. The van der Waals surface area contributed by atoms with Crippen LogP contribution in [0.4, 0.5) is 13.2 Å². The van der Waals surface area contributed by atoms with E-state index in [1.807, 2.05) is 13.8 Å². The Morgan fingerprint density at radius 2 is 1.70 bits per heavy atom. The van der Waals surface area contributed by atoms with Gasteiger partial charge in [0.1, 0.15) is 5.75 Å². The van der Waals surface area contributed by atoms with Crippen LogP contribution in [0.25, 0.3) is 11.1 Å². The van der Waals surface area contributed by atoms with Crippen molar-refractivity contribution in [1.29, 1.82) is 0 Å². The number of hydrogen-bond acceptors (Lipinski definition) is 2. The smallest absolute Gasteiger partial charge is 0.194 e. The molecule has 0 heterocycles. The summed E-state index contributed by atoms with van der Waals surface area (Å²) in [5.41, 5.74) is 0.835. The molecule has 0 amide bonds. The zero-order valence-corrected chi connectivity index (χ0v) is 13.1. The topological polar surface area (TPSA) is 26.3 Å². The molecule has 2 nitrogen and oxygen atoms in total. The van der Waals surface area contributed by atoms with E-state index < -0.39 is 17.5 Å². The number of benzene rings is 2. The van der Waals surface area contributed by atoms with E-state index in [0.29, 0.717) is 23.5 Å². The Balaban J connectivity index is 2.56. The Morgan fingerprint density at radius 3 is 2.22 bits per heavy atom. The first-order chi connectivity index (χ1) is 10.8. The van der Waals surface area contributed by atoms with Crippen LogP contribution in [0.15, 0.2) is 30.3 Å². The maximum absolute atomic E-state index is 13.5. The number of ether oxygens (including phenoxy) is 1. The van der Waals surface area contributed by atoms with Crippen molar-refractivity contribution in [3.63, 3.8) is 0 Å². The van der Waals surface area contributed by atoms with Crippen molar-refractivity contribution in [3.05, 3.63) is 53.3 Å². The summed E-state index contributed by atoms with van der Waals surface area (Å²) < 4.78 is 45.8. The van der Waals surface area contributed by atoms with Gasteiger partial charge >= 0.3 is 0 Å². The van der Waals surface area contributed by atoms with Crippen LogP contribution < -0.4 is 4.74 Å². The Hall–Kier alpha value is -2.30. The zero-order chi connectivity index (χ0) is 17.1. The van der Waals surface area contributed by atoms with Crippen molar-refractivity contribution in [1.82, 2.24) is 0 Å². The molecule has 0 saturated heterocycles. The van der Waals surface area contributed by atoms with E-state index in [0.717, 1.165) is 12.1 Å². The standard InChI is InChI=1S/C18H17F3O2/c1-10(2)9-23-17-5-4-12(11(3)22)6-14(17)13-7-15(19)18(21)16(20)8-13/h4-8,10H,9H2,1-3H3. The van der Waals surface area contributed by atoms with Crippen LogP contribution in [0.1, 0.15) is 31.1 Å². The minimum Gasteiger partial charge on any atom is -0.493 e. The minimum absolute atomic E-state index is 0.114. The Labute approximate surface area is 132 Å². The SMILES string of the molecule is CC(=O)c1ccc(OCC(C)C)c(-c2cc(F)c(F)c(F)c2)c1. The van der Waals surface area contributed by atoms with Gasteiger partial charge in [-0.05, 0) is 48.7 Å². The lowest BCUT2D eigenvalue weighted by Crippen LogP contribution is -2.06. The number of Topliss-reactive ketones (excluding diaryl/α,β-unsaturated/α-hetero) is 1. The maximum Gasteiger partial charge on any atom is 0.194 e. The van der Waals surface area contributed by atoms with E-state index >= 15 is 0 Å². The second-order valence-electron chi connectivity index (χ2n) is 5.73. The number of rotatable bonds is 5. The molecule has 0 aromatic heterocycles. The second-order valence-corrected chi connectivity index (χ2v) is 5.73. The Morgan fingerprint density at radius 1 is 1.09 bits per heavy atom. The first kappa shape index (κ1) is 17.1. The normalized spacial score (nSPS) is 10.9. The third-order valence-electron chi connectivity index (χ3n) is 3.25. The molecule has 0 aliphatic carbocycles. The highest BCUT2D eigenvalue weighted by atomic mass is 19.2. The fraction of sp³-hybridized carbons (Fsp3) is 0.278. The average Bonchev–Trinajstić information content (AvgIpc) is 2.49. The van der Waals surface area contributed by atoms with Crippen molar-refractivity contribution in [2.24, 2.45) is 5.92 Å². The van der Waals surface area contributed by atoms with Gasteiger partial charge in [-0.3, -0.25) is 4.79 Å². The van der Waals surface area contributed by atoms with Gasteiger partial charge in [0.25, 0.3) is 0 Å². The lowest BCUT2D eigenvalue weighted by molar-refractivity contribution is 0.101. The average molecular weight is 322 g/mol. The second kappa shape index (κ2) is 6.86. The van der Waals surface area contributed by atoms with Gasteiger partial charge in [0.15, 0.2) is 23.2 Å². The number of ketones is 1. The quantitative estimate of drug-likeness (QED) is 0.571. The predicted molar refractivity (Wildman–Crippen MR) is 82.1 cm³/mol. The van der Waals surface area contributed by atoms with E-state index in [-0.39, 0.29) is 17.3 Å². The van der Waals surface area contributed by atoms with Crippen LogP contribution in [0.5, 0.6) is 5.75 Å². The van der Waals surface area contributed by atoms with Crippen molar-refractivity contribution >= 4 is 5.78 Å². The van der Waals surface area contributed by atoms with Crippen LogP contribution in [-0.4, -0.2) is 12.4 Å². The van der Waals surface area contributed by atoms with Crippen LogP contribution >= 0.6 is 0 Å². The summed E-state index contributed by atoms with van der Waals surface area (Å²) in [7, 11) is 0. The molecular formula is C18H17F3O2. The largest absolute Gasteiger partial charge is 0.493 e. The van der Waals surface area contributed by atoms with Gasteiger partial charge in [0, 0.05) is 11.1 Å². The highest BCUT2D eigenvalue weighted by Gasteiger charge is 2.16. The fourth-order valence-corrected chi connectivity index (χ4v) is 2.07. The molecule has 122 valence electrons. The van der Waals surface area contributed by atoms with Crippen LogP contribution in [-0.2, 0) is 0 Å². The maximum atomic E-state index is 13.5. The van der Waals surface area contributed by atoms with E-state index in [1.54, 1.807) is 12.1 Å². The molecule has 5 heteroatoms. The number of carbonyl (C=O) groups excluding carboxylic acids is 1. The van der Waals surface area contributed by atoms with E-state index in [9.17, 15) is 18.0 Å². The molecule has 0 bridgehead atoms. The van der Waals surface area contributed by atoms with Gasteiger partial charge in [-0.2, -0.15) is 0 Å². The zero-order valence-electron chi connectivity index (χ0n) is 13.1. The summed E-state index contributed by atoms with van der Waals surface area (Å²) in [5.74, 6) is -3.66. The molecule has 0 spiro atoms. The Kier molecular flexibility index (Phi) is 5.08. The molecule has 2 aromatic rings. The third kappa shape index (κ3) is 3.92. The van der Waals surface area contributed by atoms with Gasteiger partial charge in [0.2, 0.25) is 0 Å². The van der Waals surface area contributed by atoms with Crippen molar-refractivity contribution in [2.75, 3.05) is 6.61 Å². The molecule has 0 radical (unpaired) electrons. The molecule has 0 N–H and O–H groups in total. The van der Waals surface area contributed by atoms with Crippen molar-refractivity contribution in [2.45, 2.75) is 20.8 Å². The minimum atomic E-state index is -1.53. The van der Waals surface area contributed by atoms with Gasteiger partial charge in [-0.25, -0.2) is 13.2 Å². The van der Waals surface area contributed by atoms with Crippen molar-refractivity contribution < 1.29 is 22.7 Å². The van der Waals surface area contributed by atoms with Crippen LogP contribution in [0.3, 0.4) is 0 Å². The first-order valence-electron chi connectivity index (χ1n) is 7.22. The van der Waals surface area contributed by atoms with E-state index in [1.165, 1.54) is 13.0 Å². The molecule has 0 unspecified atom stereocenters. The highest BCUT2D eigenvalue weighted by molar-refractivity contribution is 5.96. The summed E-state index contributed by atoms with van der Waals surface area (Å²) in [6, 6.07) is 6.43. The molecular weight excluding hydrogens is 305 g/mol. The van der Waals surface area contributed by atoms with Gasteiger partial charge < -0.3 is 4.74 Å². The molecule has 0 saturated carbocycles.